The molecule has 0 N–H and O–H groups in total. The van der Waals surface area contributed by atoms with Crippen LogP contribution in [0.15, 0.2) is 22.7 Å². The lowest BCUT2D eigenvalue weighted by Crippen LogP contribution is -2.25. The zero-order valence-corrected chi connectivity index (χ0v) is 11.6. The van der Waals surface area contributed by atoms with Crippen molar-refractivity contribution in [1.82, 2.24) is 0 Å². The highest BCUT2D eigenvalue weighted by molar-refractivity contribution is 9.10. The minimum absolute atomic E-state index is 0.00694. The average Bonchev–Trinajstić information content (AvgIpc) is 3.14. The molecular formula is C12H12BrF3O3. The van der Waals surface area contributed by atoms with E-state index in [2.05, 4.69) is 15.9 Å². The van der Waals surface area contributed by atoms with E-state index in [0.29, 0.717) is 16.8 Å². The maximum Gasteiger partial charge on any atom is 0.418 e. The molecule has 0 aliphatic carbocycles. The third-order valence-corrected chi connectivity index (χ3v) is 3.36. The van der Waals surface area contributed by atoms with Crippen LogP contribution in [-0.4, -0.2) is 32.6 Å². The number of ether oxygens (including phenoxy) is 3. The molecule has 0 bridgehead atoms. The Balaban J connectivity index is 2.24. The van der Waals surface area contributed by atoms with Crippen LogP contribution in [0.2, 0.25) is 0 Å². The van der Waals surface area contributed by atoms with Crippen LogP contribution in [-0.2, 0) is 9.47 Å². The van der Waals surface area contributed by atoms with Crippen molar-refractivity contribution in [2.45, 2.75) is 18.4 Å². The van der Waals surface area contributed by atoms with E-state index < -0.39 is 12.3 Å². The Morgan fingerprint density at radius 1 is 1.47 bits per heavy atom. The molecule has 1 aromatic rings. The van der Waals surface area contributed by atoms with Gasteiger partial charge in [0.1, 0.15) is 11.9 Å². The van der Waals surface area contributed by atoms with E-state index in [9.17, 15) is 13.2 Å². The summed E-state index contributed by atoms with van der Waals surface area (Å²) in [6.07, 6.45) is -6.72. The average molecular weight is 341 g/mol. The Morgan fingerprint density at radius 3 is 2.68 bits per heavy atom. The monoisotopic (exact) mass is 340 g/mol. The highest BCUT2D eigenvalue weighted by atomic mass is 79.9. The molecule has 0 radical (unpaired) electrons. The number of hydrogen-bond donors (Lipinski definition) is 0. The summed E-state index contributed by atoms with van der Waals surface area (Å²) in [5.74, 6) is 0.346. The zero-order chi connectivity index (χ0) is 14.0. The number of epoxide rings is 1. The van der Waals surface area contributed by atoms with Gasteiger partial charge in [0.05, 0.1) is 20.3 Å². The largest absolute Gasteiger partial charge is 0.497 e. The predicted molar refractivity (Wildman–Crippen MR) is 65.2 cm³/mol. The van der Waals surface area contributed by atoms with Crippen LogP contribution in [0.3, 0.4) is 0 Å². The molecule has 106 valence electrons. The molecule has 0 spiro atoms. The first-order valence-corrected chi connectivity index (χ1v) is 6.34. The van der Waals surface area contributed by atoms with E-state index >= 15 is 0 Å². The lowest BCUT2D eigenvalue weighted by molar-refractivity contribution is -0.225. The van der Waals surface area contributed by atoms with Gasteiger partial charge in [-0.15, -0.1) is 0 Å². The normalized spacial score (nSPS) is 20.2. The van der Waals surface area contributed by atoms with E-state index in [1.807, 2.05) is 0 Å². The fraction of sp³-hybridized carbons (Fsp3) is 0.500. The predicted octanol–water partition coefficient (Wildman–Crippen LogP) is 3.48. The van der Waals surface area contributed by atoms with E-state index in [-0.39, 0.29) is 18.3 Å². The van der Waals surface area contributed by atoms with Gasteiger partial charge in [-0.05, 0) is 18.2 Å². The molecule has 7 heteroatoms. The van der Waals surface area contributed by atoms with Gasteiger partial charge < -0.3 is 14.2 Å². The zero-order valence-electron chi connectivity index (χ0n) is 10.0. The first-order chi connectivity index (χ1) is 8.91. The minimum Gasteiger partial charge on any atom is -0.497 e. The summed E-state index contributed by atoms with van der Waals surface area (Å²) in [6, 6.07) is 4.39. The van der Waals surface area contributed by atoms with Gasteiger partial charge in [0.25, 0.3) is 0 Å². The third-order valence-electron chi connectivity index (χ3n) is 2.63. The van der Waals surface area contributed by atoms with E-state index in [1.54, 1.807) is 6.07 Å². The van der Waals surface area contributed by atoms with Crippen LogP contribution in [0.5, 0.6) is 5.75 Å². The van der Waals surface area contributed by atoms with Gasteiger partial charge in [-0.2, -0.15) is 13.2 Å². The molecule has 1 aliphatic rings. The number of hydrogen-bond acceptors (Lipinski definition) is 3. The van der Waals surface area contributed by atoms with E-state index in [1.165, 1.54) is 19.2 Å². The van der Waals surface area contributed by atoms with Gasteiger partial charge in [0.15, 0.2) is 6.10 Å². The van der Waals surface area contributed by atoms with Gasteiger partial charge >= 0.3 is 6.18 Å². The summed E-state index contributed by atoms with van der Waals surface area (Å²) < 4.78 is 54.3. The molecule has 1 aromatic carbocycles. The maximum atomic E-state index is 13.1. The summed E-state index contributed by atoms with van der Waals surface area (Å²) in [4.78, 5) is 0. The molecule has 3 nitrogen and oxygen atoms in total. The Labute approximate surface area is 116 Å². The molecule has 1 heterocycles. The minimum atomic E-state index is -4.50. The Hall–Kier alpha value is -0.790. The van der Waals surface area contributed by atoms with Gasteiger partial charge in [-0.25, -0.2) is 0 Å². The fourth-order valence-corrected chi connectivity index (χ4v) is 2.03. The van der Waals surface area contributed by atoms with Crippen molar-refractivity contribution in [3.8, 4) is 5.75 Å². The number of methoxy groups -OCH3 is 1. The first-order valence-electron chi connectivity index (χ1n) is 5.55. The molecule has 1 saturated heterocycles. The number of rotatable bonds is 5. The van der Waals surface area contributed by atoms with Crippen LogP contribution in [0.1, 0.15) is 11.7 Å². The third kappa shape index (κ3) is 3.84. The van der Waals surface area contributed by atoms with Crippen molar-refractivity contribution < 1.29 is 27.4 Å². The van der Waals surface area contributed by atoms with Crippen molar-refractivity contribution >= 4 is 15.9 Å². The summed E-state index contributed by atoms with van der Waals surface area (Å²) in [5, 5.41) is 0. The Bertz CT molecular complexity index is 446. The number of halogens is 4. The Kier molecular flexibility index (Phi) is 4.37. The molecule has 2 atom stereocenters. The van der Waals surface area contributed by atoms with Crippen molar-refractivity contribution in [2.75, 3.05) is 20.3 Å². The van der Waals surface area contributed by atoms with Crippen LogP contribution in [0, 0.1) is 0 Å². The topological polar surface area (TPSA) is 31.0 Å². The van der Waals surface area contributed by atoms with Gasteiger partial charge in [-0.1, -0.05) is 15.9 Å². The SMILES string of the molecule is COc1ccc(Br)c([C@H](OC[C@@H]2CO2)C(F)(F)F)c1. The molecule has 2 rings (SSSR count). The highest BCUT2D eigenvalue weighted by Gasteiger charge is 2.44. The van der Waals surface area contributed by atoms with Gasteiger partial charge in [0, 0.05) is 10.0 Å². The number of alkyl halides is 3. The fourth-order valence-electron chi connectivity index (χ4n) is 1.58. The van der Waals surface area contributed by atoms with Gasteiger partial charge in [0.2, 0.25) is 0 Å². The van der Waals surface area contributed by atoms with Crippen molar-refractivity contribution in [3.05, 3.63) is 28.2 Å². The second-order valence-corrected chi connectivity index (χ2v) is 4.95. The first kappa shape index (κ1) is 14.6. The molecule has 1 aliphatic heterocycles. The molecular weight excluding hydrogens is 329 g/mol. The number of benzene rings is 1. The molecule has 0 unspecified atom stereocenters. The Morgan fingerprint density at radius 2 is 2.16 bits per heavy atom. The highest BCUT2D eigenvalue weighted by Crippen LogP contribution is 2.40. The van der Waals surface area contributed by atoms with Crippen LogP contribution < -0.4 is 4.74 Å². The summed E-state index contributed by atoms with van der Waals surface area (Å²) >= 11 is 3.11. The molecule has 0 aromatic heterocycles. The summed E-state index contributed by atoms with van der Waals surface area (Å²) in [7, 11) is 1.40. The van der Waals surface area contributed by atoms with E-state index in [4.69, 9.17) is 14.2 Å². The standard InChI is InChI=1S/C12H12BrF3O3/c1-17-7-2-3-10(13)9(4-7)11(12(14,15)16)19-6-8-5-18-8/h2-4,8,11H,5-6H2,1H3/t8-,11-/m0/s1. The van der Waals surface area contributed by atoms with Gasteiger partial charge in [-0.3, -0.25) is 0 Å². The lowest BCUT2D eigenvalue weighted by atomic mass is 10.1. The quantitative estimate of drug-likeness (QED) is 0.769. The van der Waals surface area contributed by atoms with Crippen molar-refractivity contribution in [2.24, 2.45) is 0 Å². The second kappa shape index (κ2) is 5.68. The maximum absolute atomic E-state index is 13.1. The van der Waals surface area contributed by atoms with Crippen LogP contribution in [0.4, 0.5) is 13.2 Å². The van der Waals surface area contributed by atoms with Crippen molar-refractivity contribution in [3.63, 3.8) is 0 Å². The second-order valence-electron chi connectivity index (χ2n) is 4.10. The summed E-state index contributed by atoms with van der Waals surface area (Å²) in [5.41, 5.74) is -0.00694. The summed E-state index contributed by atoms with van der Waals surface area (Å²) in [6.45, 7) is 0.373. The molecule has 0 amide bonds. The van der Waals surface area contributed by atoms with Crippen LogP contribution in [0.25, 0.3) is 0 Å². The molecule has 1 fully saturated rings. The lowest BCUT2D eigenvalue weighted by Gasteiger charge is -2.22. The molecule has 19 heavy (non-hydrogen) atoms. The smallest absolute Gasteiger partial charge is 0.418 e. The van der Waals surface area contributed by atoms with Crippen LogP contribution >= 0.6 is 15.9 Å². The molecule has 0 saturated carbocycles. The van der Waals surface area contributed by atoms with Crippen molar-refractivity contribution in [1.29, 1.82) is 0 Å². The van der Waals surface area contributed by atoms with E-state index in [0.717, 1.165) is 0 Å².